The first-order valence-corrected chi connectivity index (χ1v) is 8.29. The van der Waals surface area contributed by atoms with Gasteiger partial charge in [0, 0.05) is 18.7 Å². The maximum atomic E-state index is 12.9. The van der Waals surface area contributed by atoms with E-state index < -0.39 is 0 Å². The van der Waals surface area contributed by atoms with Crippen molar-refractivity contribution in [3.8, 4) is 5.13 Å². The minimum absolute atomic E-state index is 0.0236. The molecule has 122 valence electrons. The summed E-state index contributed by atoms with van der Waals surface area (Å²) in [7, 11) is 0. The molecule has 0 radical (unpaired) electrons. The topological polar surface area (TPSA) is 52.0 Å². The van der Waals surface area contributed by atoms with Gasteiger partial charge in [-0.05, 0) is 37.1 Å². The number of rotatable bonds is 5. The molecule has 0 N–H and O–H groups in total. The van der Waals surface area contributed by atoms with Gasteiger partial charge in [-0.15, -0.1) is 0 Å². The summed E-state index contributed by atoms with van der Waals surface area (Å²) < 4.78 is 14.3. The summed E-state index contributed by atoms with van der Waals surface area (Å²) in [5.41, 5.74) is 1.35. The molecule has 0 amide bonds. The van der Waals surface area contributed by atoms with Gasteiger partial charge in [0.1, 0.15) is 5.82 Å². The number of carbonyl (C=O) groups excluding carboxylic acids is 1. The van der Waals surface area contributed by atoms with Gasteiger partial charge in [0.05, 0.1) is 10.6 Å². The van der Waals surface area contributed by atoms with E-state index in [9.17, 15) is 14.0 Å². The number of benzene rings is 1. The molecule has 0 unspecified atom stereocenters. The van der Waals surface area contributed by atoms with Crippen LogP contribution in [0, 0.1) is 12.7 Å². The summed E-state index contributed by atoms with van der Waals surface area (Å²) in [6, 6.07) is 11.0. The first kappa shape index (κ1) is 16.3. The molecule has 24 heavy (non-hydrogen) atoms. The van der Waals surface area contributed by atoms with Crippen molar-refractivity contribution in [2.45, 2.75) is 19.8 Å². The zero-order valence-corrected chi connectivity index (χ0v) is 13.8. The van der Waals surface area contributed by atoms with Crippen molar-refractivity contribution >= 4 is 17.1 Å². The van der Waals surface area contributed by atoms with Crippen LogP contribution in [0.1, 0.15) is 27.3 Å². The number of hydrogen-bond acceptors (Lipinski definition) is 4. The quantitative estimate of drug-likeness (QED) is 0.666. The zero-order valence-electron chi connectivity index (χ0n) is 13.0. The van der Waals surface area contributed by atoms with Gasteiger partial charge in [-0.25, -0.2) is 9.37 Å². The highest BCUT2D eigenvalue weighted by atomic mass is 32.1. The number of carbonyl (C=O) groups is 1. The SMILES string of the molecule is Cc1nc(-n2ccccc2=O)sc1C(=O)CCc1ccc(F)cc1. The molecule has 0 fully saturated rings. The van der Waals surface area contributed by atoms with Crippen molar-refractivity contribution in [3.05, 3.63) is 81.0 Å². The van der Waals surface area contributed by atoms with Crippen LogP contribution in [0.2, 0.25) is 0 Å². The average Bonchev–Trinajstić information content (AvgIpc) is 2.96. The Hall–Kier alpha value is -2.60. The van der Waals surface area contributed by atoms with E-state index in [0.717, 1.165) is 5.56 Å². The molecule has 6 heteroatoms. The van der Waals surface area contributed by atoms with E-state index >= 15 is 0 Å². The van der Waals surface area contributed by atoms with Gasteiger partial charge in [-0.3, -0.25) is 14.2 Å². The lowest BCUT2D eigenvalue weighted by atomic mass is 10.1. The predicted octanol–water partition coefficient (Wildman–Crippen LogP) is 3.56. The van der Waals surface area contributed by atoms with E-state index in [1.807, 2.05) is 0 Å². The Morgan fingerprint density at radius 3 is 2.67 bits per heavy atom. The maximum absolute atomic E-state index is 12.9. The lowest BCUT2D eigenvalue weighted by molar-refractivity contribution is 0.0986. The van der Waals surface area contributed by atoms with Crippen LogP contribution in [0.25, 0.3) is 5.13 Å². The largest absolute Gasteiger partial charge is 0.293 e. The zero-order chi connectivity index (χ0) is 17.1. The number of hydrogen-bond donors (Lipinski definition) is 0. The highest BCUT2D eigenvalue weighted by Crippen LogP contribution is 2.22. The second-order valence-electron chi connectivity index (χ2n) is 5.37. The number of ketones is 1. The molecular formula is C18H15FN2O2S. The number of pyridine rings is 1. The Morgan fingerprint density at radius 1 is 1.21 bits per heavy atom. The summed E-state index contributed by atoms with van der Waals surface area (Å²) in [5.74, 6) is -0.314. The minimum atomic E-state index is -0.290. The number of nitrogens with zero attached hydrogens (tertiary/aromatic N) is 2. The normalized spacial score (nSPS) is 10.8. The third-order valence-electron chi connectivity index (χ3n) is 3.62. The summed E-state index contributed by atoms with van der Waals surface area (Å²) in [5, 5.41) is 0.489. The van der Waals surface area contributed by atoms with E-state index in [-0.39, 0.29) is 17.2 Å². The van der Waals surface area contributed by atoms with Crippen molar-refractivity contribution in [1.82, 2.24) is 9.55 Å². The monoisotopic (exact) mass is 342 g/mol. The Balaban J connectivity index is 1.77. The second-order valence-corrected chi connectivity index (χ2v) is 6.35. The van der Waals surface area contributed by atoms with Gasteiger partial charge in [-0.2, -0.15) is 0 Å². The molecule has 0 aliphatic carbocycles. The second kappa shape index (κ2) is 6.88. The van der Waals surface area contributed by atoms with Crippen molar-refractivity contribution < 1.29 is 9.18 Å². The molecule has 0 spiro atoms. The molecule has 0 atom stereocenters. The number of halogens is 1. The average molecular weight is 342 g/mol. The molecule has 0 aliphatic rings. The van der Waals surface area contributed by atoms with E-state index in [2.05, 4.69) is 4.98 Å². The third kappa shape index (κ3) is 3.49. The Bertz CT molecular complexity index is 929. The fourth-order valence-electron chi connectivity index (χ4n) is 2.35. The van der Waals surface area contributed by atoms with Crippen molar-refractivity contribution in [2.24, 2.45) is 0 Å². The Labute approximate surface area is 142 Å². The highest BCUT2D eigenvalue weighted by Gasteiger charge is 2.16. The molecule has 2 heterocycles. The van der Waals surface area contributed by atoms with Gasteiger partial charge in [-0.1, -0.05) is 29.5 Å². The van der Waals surface area contributed by atoms with Crippen LogP contribution in [0.3, 0.4) is 0 Å². The molecular weight excluding hydrogens is 327 g/mol. The first-order valence-electron chi connectivity index (χ1n) is 7.48. The van der Waals surface area contributed by atoms with E-state index in [0.29, 0.717) is 28.5 Å². The van der Waals surface area contributed by atoms with Crippen LogP contribution in [0.5, 0.6) is 0 Å². The Kier molecular flexibility index (Phi) is 4.66. The predicted molar refractivity (Wildman–Crippen MR) is 91.5 cm³/mol. The van der Waals surface area contributed by atoms with E-state index in [1.165, 1.54) is 34.1 Å². The van der Waals surface area contributed by atoms with E-state index in [1.54, 1.807) is 37.4 Å². The standard InChI is InChI=1S/C18H15FN2O2S/c1-12-17(15(22)10-7-13-5-8-14(19)9-6-13)24-18(20-12)21-11-3-2-4-16(21)23/h2-6,8-9,11H,7,10H2,1H3. The van der Waals surface area contributed by atoms with Crippen LogP contribution in [-0.4, -0.2) is 15.3 Å². The number of aryl methyl sites for hydroxylation is 2. The highest BCUT2D eigenvalue weighted by molar-refractivity contribution is 7.16. The van der Waals surface area contributed by atoms with Crippen LogP contribution in [-0.2, 0) is 6.42 Å². The van der Waals surface area contributed by atoms with Gasteiger partial charge < -0.3 is 0 Å². The summed E-state index contributed by atoms with van der Waals surface area (Å²) >= 11 is 1.21. The fraction of sp³-hybridized carbons (Fsp3) is 0.167. The van der Waals surface area contributed by atoms with Crippen LogP contribution in [0.4, 0.5) is 4.39 Å². The molecule has 0 bridgehead atoms. The van der Waals surface area contributed by atoms with Crippen molar-refractivity contribution in [2.75, 3.05) is 0 Å². The lowest BCUT2D eigenvalue weighted by Gasteiger charge is -2.00. The number of aromatic nitrogens is 2. The summed E-state index contributed by atoms with van der Waals surface area (Å²) in [6.45, 7) is 1.76. The van der Waals surface area contributed by atoms with E-state index in [4.69, 9.17) is 0 Å². The molecule has 4 nitrogen and oxygen atoms in total. The number of thiazole rings is 1. The van der Waals surface area contributed by atoms with Crippen LogP contribution in [0.15, 0.2) is 53.5 Å². The molecule has 0 saturated heterocycles. The first-order chi connectivity index (χ1) is 11.5. The fourth-order valence-corrected chi connectivity index (χ4v) is 3.38. The van der Waals surface area contributed by atoms with Crippen LogP contribution < -0.4 is 5.56 Å². The van der Waals surface area contributed by atoms with Gasteiger partial charge in [0.15, 0.2) is 10.9 Å². The summed E-state index contributed by atoms with van der Waals surface area (Å²) in [6.07, 6.45) is 2.49. The smallest absolute Gasteiger partial charge is 0.256 e. The van der Waals surface area contributed by atoms with Gasteiger partial charge in [0.2, 0.25) is 0 Å². The Morgan fingerprint density at radius 2 is 1.96 bits per heavy atom. The van der Waals surface area contributed by atoms with Crippen molar-refractivity contribution in [3.63, 3.8) is 0 Å². The molecule has 0 saturated carbocycles. The molecule has 2 aromatic heterocycles. The molecule has 3 aromatic rings. The maximum Gasteiger partial charge on any atom is 0.256 e. The molecule has 0 aliphatic heterocycles. The van der Waals surface area contributed by atoms with Gasteiger partial charge in [0.25, 0.3) is 5.56 Å². The lowest BCUT2D eigenvalue weighted by Crippen LogP contribution is -2.15. The van der Waals surface area contributed by atoms with Crippen molar-refractivity contribution in [1.29, 1.82) is 0 Å². The molecule has 3 rings (SSSR count). The van der Waals surface area contributed by atoms with Gasteiger partial charge >= 0.3 is 0 Å². The third-order valence-corrected chi connectivity index (χ3v) is 4.82. The minimum Gasteiger partial charge on any atom is -0.293 e. The summed E-state index contributed by atoms with van der Waals surface area (Å²) in [4.78, 5) is 29.2. The van der Waals surface area contributed by atoms with Crippen LogP contribution >= 0.6 is 11.3 Å². The number of Topliss-reactive ketones (excluding diaryl/α,β-unsaturated/α-hetero) is 1. The molecule has 1 aromatic carbocycles.